The molecule has 0 radical (unpaired) electrons. The maximum Gasteiger partial charge on any atom is 0.147 e. The van der Waals surface area contributed by atoms with Crippen molar-refractivity contribution in [1.82, 2.24) is 9.78 Å². The molecule has 1 aromatic rings. The van der Waals surface area contributed by atoms with Gasteiger partial charge in [-0.1, -0.05) is 26.7 Å². The molecule has 1 aromatic heterocycles. The van der Waals surface area contributed by atoms with Crippen molar-refractivity contribution in [3.05, 3.63) is 5.69 Å². The van der Waals surface area contributed by atoms with E-state index in [0.717, 1.165) is 29.5 Å². The lowest BCUT2D eigenvalue weighted by Gasteiger charge is -2.29. The molecule has 0 saturated heterocycles. The molecule has 2 rings (SSSR count). The van der Waals surface area contributed by atoms with Gasteiger partial charge >= 0.3 is 0 Å². The summed E-state index contributed by atoms with van der Waals surface area (Å²) in [6, 6.07) is 0.565. The molecule has 4 nitrogen and oxygen atoms in total. The van der Waals surface area contributed by atoms with Gasteiger partial charge in [-0.25, -0.2) is 0 Å². The van der Waals surface area contributed by atoms with Gasteiger partial charge in [-0.2, -0.15) is 5.10 Å². The molecule has 0 spiro atoms. The molecule has 3 N–H and O–H groups in total. The first-order chi connectivity index (χ1) is 9.15. The fourth-order valence-corrected chi connectivity index (χ4v) is 3.23. The van der Waals surface area contributed by atoms with E-state index in [1.54, 1.807) is 0 Å². The number of anilines is 2. The van der Waals surface area contributed by atoms with Crippen molar-refractivity contribution in [3.8, 4) is 0 Å². The summed E-state index contributed by atoms with van der Waals surface area (Å²) in [7, 11) is 1.97. The standard InChI is InChI=1S/C15H28N4/c1-4-6-11-7-9-12(10-8-11)17-15-14(16)13(5-2)18-19(15)3/h11-12,17H,4-10,16H2,1-3H3. The number of aromatic nitrogens is 2. The molecule has 4 heteroatoms. The molecule has 108 valence electrons. The number of rotatable bonds is 5. The van der Waals surface area contributed by atoms with Gasteiger partial charge in [-0.15, -0.1) is 0 Å². The maximum absolute atomic E-state index is 6.16. The Kier molecular flexibility index (Phi) is 4.72. The van der Waals surface area contributed by atoms with Crippen molar-refractivity contribution >= 4 is 11.5 Å². The van der Waals surface area contributed by atoms with Gasteiger partial charge in [0.15, 0.2) is 0 Å². The summed E-state index contributed by atoms with van der Waals surface area (Å²) in [5.41, 5.74) is 8.00. The Bertz CT molecular complexity index is 403. The Balaban J connectivity index is 1.94. The minimum absolute atomic E-state index is 0.565. The zero-order valence-electron chi connectivity index (χ0n) is 12.6. The molecule has 0 unspecified atom stereocenters. The highest BCUT2D eigenvalue weighted by molar-refractivity contribution is 5.65. The van der Waals surface area contributed by atoms with E-state index in [-0.39, 0.29) is 0 Å². The minimum Gasteiger partial charge on any atom is -0.394 e. The van der Waals surface area contributed by atoms with E-state index in [1.165, 1.54) is 38.5 Å². The molecular formula is C15H28N4. The number of nitrogens with zero attached hydrogens (tertiary/aromatic N) is 2. The van der Waals surface area contributed by atoms with Gasteiger partial charge in [0.05, 0.1) is 11.4 Å². The van der Waals surface area contributed by atoms with Gasteiger partial charge in [-0.05, 0) is 38.0 Å². The molecule has 1 aliphatic carbocycles. The number of nitrogen functional groups attached to an aromatic ring is 1. The maximum atomic E-state index is 6.16. The van der Waals surface area contributed by atoms with Gasteiger partial charge in [0, 0.05) is 13.1 Å². The number of hydrogen-bond donors (Lipinski definition) is 2. The van der Waals surface area contributed by atoms with Gasteiger partial charge in [0.1, 0.15) is 5.82 Å². The smallest absolute Gasteiger partial charge is 0.147 e. The van der Waals surface area contributed by atoms with Crippen LogP contribution in [-0.4, -0.2) is 15.8 Å². The first-order valence-corrected chi connectivity index (χ1v) is 7.73. The summed E-state index contributed by atoms with van der Waals surface area (Å²) in [6.07, 6.45) is 8.82. The molecule has 1 saturated carbocycles. The van der Waals surface area contributed by atoms with Crippen LogP contribution in [0.3, 0.4) is 0 Å². The monoisotopic (exact) mass is 264 g/mol. The van der Waals surface area contributed by atoms with E-state index in [2.05, 4.69) is 24.3 Å². The van der Waals surface area contributed by atoms with Crippen LogP contribution in [0, 0.1) is 5.92 Å². The Morgan fingerprint density at radius 3 is 2.47 bits per heavy atom. The number of hydrogen-bond acceptors (Lipinski definition) is 3. The van der Waals surface area contributed by atoms with Crippen LogP contribution in [0.15, 0.2) is 0 Å². The van der Waals surface area contributed by atoms with Crippen molar-refractivity contribution in [3.63, 3.8) is 0 Å². The van der Waals surface area contributed by atoms with Crippen LogP contribution < -0.4 is 11.1 Å². The third kappa shape index (κ3) is 3.23. The second kappa shape index (κ2) is 6.31. The lowest BCUT2D eigenvalue weighted by atomic mass is 9.83. The summed E-state index contributed by atoms with van der Waals surface area (Å²) in [6.45, 7) is 4.38. The number of aryl methyl sites for hydroxylation is 2. The van der Waals surface area contributed by atoms with Crippen molar-refractivity contribution < 1.29 is 0 Å². The molecule has 1 heterocycles. The van der Waals surface area contributed by atoms with Crippen LogP contribution in [0.4, 0.5) is 11.5 Å². The van der Waals surface area contributed by atoms with Gasteiger partial charge < -0.3 is 11.1 Å². The highest BCUT2D eigenvalue weighted by Gasteiger charge is 2.22. The van der Waals surface area contributed by atoms with E-state index in [4.69, 9.17) is 5.73 Å². The second-order valence-corrected chi connectivity index (χ2v) is 5.84. The summed E-state index contributed by atoms with van der Waals surface area (Å²) in [5, 5.41) is 8.08. The summed E-state index contributed by atoms with van der Waals surface area (Å²) >= 11 is 0. The molecule has 0 atom stereocenters. The van der Waals surface area contributed by atoms with E-state index < -0.39 is 0 Å². The highest BCUT2D eigenvalue weighted by Crippen LogP contribution is 2.31. The molecule has 19 heavy (non-hydrogen) atoms. The van der Waals surface area contributed by atoms with Crippen LogP contribution in [-0.2, 0) is 13.5 Å². The fourth-order valence-electron chi connectivity index (χ4n) is 3.23. The highest BCUT2D eigenvalue weighted by atomic mass is 15.3. The average molecular weight is 264 g/mol. The quantitative estimate of drug-likeness (QED) is 0.857. The van der Waals surface area contributed by atoms with E-state index >= 15 is 0 Å². The molecule has 0 bridgehead atoms. The Morgan fingerprint density at radius 2 is 1.95 bits per heavy atom. The van der Waals surface area contributed by atoms with Crippen LogP contribution in [0.1, 0.15) is 58.1 Å². The zero-order valence-corrected chi connectivity index (χ0v) is 12.6. The lowest BCUT2D eigenvalue weighted by molar-refractivity contribution is 0.318. The van der Waals surface area contributed by atoms with Crippen LogP contribution in [0.5, 0.6) is 0 Å². The van der Waals surface area contributed by atoms with Gasteiger partial charge in [0.2, 0.25) is 0 Å². The molecule has 0 amide bonds. The van der Waals surface area contributed by atoms with Gasteiger partial charge in [-0.3, -0.25) is 4.68 Å². The first-order valence-electron chi connectivity index (χ1n) is 7.73. The predicted molar refractivity (Wildman–Crippen MR) is 81.3 cm³/mol. The van der Waals surface area contributed by atoms with Gasteiger partial charge in [0.25, 0.3) is 0 Å². The third-order valence-corrected chi connectivity index (χ3v) is 4.38. The normalized spacial score (nSPS) is 23.5. The molecular weight excluding hydrogens is 236 g/mol. The lowest BCUT2D eigenvalue weighted by Crippen LogP contribution is -2.27. The first kappa shape index (κ1) is 14.2. The fraction of sp³-hybridized carbons (Fsp3) is 0.800. The number of nitrogens with one attached hydrogen (secondary N) is 1. The van der Waals surface area contributed by atoms with E-state index in [9.17, 15) is 0 Å². The van der Waals surface area contributed by atoms with Crippen molar-refractivity contribution in [2.45, 2.75) is 64.8 Å². The molecule has 0 aromatic carbocycles. The molecule has 1 fully saturated rings. The Labute approximate surface area is 116 Å². The zero-order chi connectivity index (χ0) is 13.8. The summed E-state index contributed by atoms with van der Waals surface area (Å²) in [5.74, 6) is 1.95. The van der Waals surface area contributed by atoms with Crippen LogP contribution >= 0.6 is 0 Å². The largest absolute Gasteiger partial charge is 0.394 e. The minimum atomic E-state index is 0.565. The topological polar surface area (TPSA) is 55.9 Å². The van der Waals surface area contributed by atoms with Crippen molar-refractivity contribution in [1.29, 1.82) is 0 Å². The molecule has 0 aliphatic heterocycles. The second-order valence-electron chi connectivity index (χ2n) is 5.84. The molecule has 1 aliphatic rings. The van der Waals surface area contributed by atoms with E-state index in [1.807, 2.05) is 11.7 Å². The Hall–Kier alpha value is -1.19. The average Bonchev–Trinajstić information content (AvgIpc) is 2.68. The summed E-state index contributed by atoms with van der Waals surface area (Å²) in [4.78, 5) is 0. The predicted octanol–water partition coefficient (Wildman–Crippen LogP) is 3.34. The van der Waals surface area contributed by atoms with Crippen LogP contribution in [0.25, 0.3) is 0 Å². The van der Waals surface area contributed by atoms with Crippen molar-refractivity contribution in [2.24, 2.45) is 13.0 Å². The number of nitrogens with two attached hydrogens (primary N) is 1. The Morgan fingerprint density at radius 1 is 1.26 bits per heavy atom. The van der Waals surface area contributed by atoms with Crippen LogP contribution in [0.2, 0.25) is 0 Å². The third-order valence-electron chi connectivity index (χ3n) is 4.38. The SMILES string of the molecule is CCCC1CCC(Nc2c(N)c(CC)nn2C)CC1. The summed E-state index contributed by atoms with van der Waals surface area (Å²) < 4.78 is 1.90. The van der Waals surface area contributed by atoms with Crippen molar-refractivity contribution in [2.75, 3.05) is 11.1 Å². The van der Waals surface area contributed by atoms with E-state index in [0.29, 0.717) is 6.04 Å².